The highest BCUT2D eigenvalue weighted by atomic mass is 16.3. The molecule has 4 heteroatoms. The molecule has 1 rings (SSSR count). The highest BCUT2D eigenvalue weighted by Crippen LogP contribution is 2.09. The maximum atomic E-state index is 9.01. The van der Waals surface area contributed by atoms with Gasteiger partial charge in [-0.05, 0) is 6.42 Å². The average Bonchev–Trinajstić information content (AvgIpc) is 2.80. The van der Waals surface area contributed by atoms with Gasteiger partial charge in [-0.25, -0.2) is 9.67 Å². The normalized spacial score (nSPS) is 10.9. The molecular weight excluding hydrogens is 214 g/mol. The summed E-state index contributed by atoms with van der Waals surface area (Å²) in [7, 11) is 0. The quantitative estimate of drug-likeness (QED) is 0.639. The first-order valence-electron chi connectivity index (χ1n) is 6.86. The fraction of sp³-hybridized carbons (Fsp3) is 0.846. The number of aliphatic hydroxyl groups is 1. The van der Waals surface area contributed by atoms with E-state index in [1.165, 1.54) is 51.3 Å². The molecule has 0 unspecified atom stereocenters. The summed E-state index contributed by atoms with van der Waals surface area (Å²) in [6.07, 6.45) is 12.0. The summed E-state index contributed by atoms with van der Waals surface area (Å²) in [5, 5.41) is 13.1. The van der Waals surface area contributed by atoms with Gasteiger partial charge < -0.3 is 5.11 Å². The first kappa shape index (κ1) is 14.2. The molecule has 0 atom stereocenters. The Morgan fingerprint density at radius 3 is 2.35 bits per heavy atom. The lowest BCUT2D eigenvalue weighted by molar-refractivity contribution is 0.261. The second-order valence-electron chi connectivity index (χ2n) is 4.53. The minimum absolute atomic E-state index is 0.0168. The number of aliphatic hydroxyl groups excluding tert-OH is 1. The van der Waals surface area contributed by atoms with Crippen LogP contribution in [0.1, 0.15) is 64.1 Å². The van der Waals surface area contributed by atoms with Crippen LogP contribution in [-0.2, 0) is 13.2 Å². The van der Waals surface area contributed by atoms with Gasteiger partial charge in [-0.2, -0.15) is 5.10 Å². The number of nitrogens with zero attached hydrogens (tertiary/aromatic N) is 3. The molecule has 1 heterocycles. The number of aromatic nitrogens is 3. The SMILES string of the molecule is CCCCCCCCCCn1ncnc1CO. The van der Waals surface area contributed by atoms with Crippen LogP contribution in [0, 0.1) is 0 Å². The summed E-state index contributed by atoms with van der Waals surface area (Å²) in [6, 6.07) is 0. The molecule has 1 N–H and O–H groups in total. The first-order chi connectivity index (χ1) is 8.38. The van der Waals surface area contributed by atoms with E-state index in [0.717, 1.165) is 13.0 Å². The molecule has 0 saturated heterocycles. The van der Waals surface area contributed by atoms with E-state index in [9.17, 15) is 0 Å². The molecule has 1 aromatic heterocycles. The average molecular weight is 239 g/mol. The third-order valence-electron chi connectivity index (χ3n) is 3.06. The van der Waals surface area contributed by atoms with Crippen molar-refractivity contribution in [1.29, 1.82) is 0 Å². The Kier molecular flexibility index (Phi) is 7.63. The molecule has 0 spiro atoms. The Morgan fingerprint density at radius 1 is 1.06 bits per heavy atom. The third kappa shape index (κ3) is 5.82. The van der Waals surface area contributed by atoms with Crippen LogP contribution in [0.15, 0.2) is 6.33 Å². The molecule has 0 aliphatic carbocycles. The summed E-state index contributed by atoms with van der Waals surface area (Å²) in [5.41, 5.74) is 0. The van der Waals surface area contributed by atoms with Crippen LogP contribution in [0.5, 0.6) is 0 Å². The second-order valence-corrected chi connectivity index (χ2v) is 4.53. The molecule has 17 heavy (non-hydrogen) atoms. The molecule has 0 saturated carbocycles. The molecule has 0 aromatic carbocycles. The fourth-order valence-corrected chi connectivity index (χ4v) is 1.99. The van der Waals surface area contributed by atoms with Crippen molar-refractivity contribution >= 4 is 0 Å². The molecular formula is C13H25N3O. The standard InChI is InChI=1S/C13H25N3O/c1-2-3-4-5-6-7-8-9-10-16-13(11-17)14-12-15-16/h12,17H,2-11H2,1H3. The first-order valence-corrected chi connectivity index (χ1v) is 6.86. The van der Waals surface area contributed by atoms with E-state index in [1.54, 1.807) is 4.68 Å². The lowest BCUT2D eigenvalue weighted by Gasteiger charge is -2.04. The Morgan fingerprint density at radius 2 is 1.71 bits per heavy atom. The lowest BCUT2D eigenvalue weighted by Crippen LogP contribution is -2.05. The Labute approximate surface area is 104 Å². The molecule has 98 valence electrons. The van der Waals surface area contributed by atoms with Gasteiger partial charge in [-0.15, -0.1) is 0 Å². The smallest absolute Gasteiger partial charge is 0.152 e. The zero-order valence-corrected chi connectivity index (χ0v) is 10.9. The van der Waals surface area contributed by atoms with Gasteiger partial charge in [0, 0.05) is 6.54 Å². The van der Waals surface area contributed by atoms with Gasteiger partial charge in [-0.3, -0.25) is 0 Å². The summed E-state index contributed by atoms with van der Waals surface area (Å²) in [4.78, 5) is 3.99. The van der Waals surface area contributed by atoms with Crippen LogP contribution in [-0.4, -0.2) is 19.9 Å². The molecule has 0 bridgehead atoms. The number of hydrogen-bond donors (Lipinski definition) is 1. The number of unbranched alkanes of at least 4 members (excludes halogenated alkanes) is 7. The van der Waals surface area contributed by atoms with Crippen molar-refractivity contribution in [2.24, 2.45) is 0 Å². The fourth-order valence-electron chi connectivity index (χ4n) is 1.99. The largest absolute Gasteiger partial charge is 0.388 e. The Bertz CT molecular complexity index is 286. The summed E-state index contributed by atoms with van der Waals surface area (Å²) in [5.74, 6) is 0.674. The minimum atomic E-state index is -0.0168. The van der Waals surface area contributed by atoms with Crippen molar-refractivity contribution in [1.82, 2.24) is 14.8 Å². The predicted octanol–water partition coefficient (Wildman–Crippen LogP) is 2.91. The Hall–Kier alpha value is -0.900. The van der Waals surface area contributed by atoms with Crippen molar-refractivity contribution in [3.05, 3.63) is 12.2 Å². The van der Waals surface area contributed by atoms with E-state index in [2.05, 4.69) is 17.0 Å². The molecule has 0 fully saturated rings. The summed E-state index contributed by atoms with van der Waals surface area (Å²) in [6.45, 7) is 3.11. The van der Waals surface area contributed by atoms with E-state index in [1.807, 2.05) is 0 Å². The molecule has 1 aromatic rings. The zero-order valence-electron chi connectivity index (χ0n) is 10.9. The van der Waals surface area contributed by atoms with Crippen molar-refractivity contribution < 1.29 is 5.11 Å². The predicted molar refractivity (Wildman–Crippen MR) is 68.6 cm³/mol. The number of aryl methyl sites for hydroxylation is 1. The number of rotatable bonds is 10. The van der Waals surface area contributed by atoms with E-state index in [-0.39, 0.29) is 6.61 Å². The topological polar surface area (TPSA) is 50.9 Å². The van der Waals surface area contributed by atoms with Gasteiger partial charge in [0.1, 0.15) is 12.9 Å². The monoisotopic (exact) mass is 239 g/mol. The molecule has 4 nitrogen and oxygen atoms in total. The van der Waals surface area contributed by atoms with Crippen molar-refractivity contribution in [3.8, 4) is 0 Å². The van der Waals surface area contributed by atoms with Gasteiger partial charge in [0.15, 0.2) is 5.82 Å². The van der Waals surface area contributed by atoms with E-state index < -0.39 is 0 Å². The van der Waals surface area contributed by atoms with Gasteiger partial charge in [0.2, 0.25) is 0 Å². The van der Waals surface area contributed by atoms with Gasteiger partial charge in [-0.1, -0.05) is 51.9 Å². The van der Waals surface area contributed by atoms with E-state index in [0.29, 0.717) is 5.82 Å². The highest BCUT2D eigenvalue weighted by Gasteiger charge is 2.01. The second kappa shape index (κ2) is 9.16. The molecule has 0 amide bonds. The van der Waals surface area contributed by atoms with Crippen LogP contribution in [0.4, 0.5) is 0 Å². The molecule has 0 aliphatic rings. The minimum Gasteiger partial charge on any atom is -0.388 e. The van der Waals surface area contributed by atoms with Crippen molar-refractivity contribution in [2.45, 2.75) is 71.4 Å². The highest BCUT2D eigenvalue weighted by molar-refractivity contribution is 4.80. The molecule has 0 aliphatic heterocycles. The van der Waals surface area contributed by atoms with Crippen LogP contribution >= 0.6 is 0 Å². The van der Waals surface area contributed by atoms with Gasteiger partial charge in [0.05, 0.1) is 0 Å². The van der Waals surface area contributed by atoms with Crippen LogP contribution < -0.4 is 0 Å². The molecule has 0 radical (unpaired) electrons. The van der Waals surface area contributed by atoms with E-state index >= 15 is 0 Å². The maximum Gasteiger partial charge on any atom is 0.152 e. The summed E-state index contributed by atoms with van der Waals surface area (Å²) >= 11 is 0. The summed E-state index contributed by atoms with van der Waals surface area (Å²) < 4.78 is 1.80. The van der Waals surface area contributed by atoms with Crippen molar-refractivity contribution in [2.75, 3.05) is 0 Å². The maximum absolute atomic E-state index is 9.01. The Balaban J connectivity index is 1.97. The van der Waals surface area contributed by atoms with Crippen LogP contribution in [0.25, 0.3) is 0 Å². The zero-order chi connectivity index (χ0) is 12.3. The van der Waals surface area contributed by atoms with Gasteiger partial charge in [0.25, 0.3) is 0 Å². The van der Waals surface area contributed by atoms with Crippen LogP contribution in [0.2, 0.25) is 0 Å². The van der Waals surface area contributed by atoms with Crippen LogP contribution in [0.3, 0.4) is 0 Å². The van der Waals surface area contributed by atoms with Gasteiger partial charge >= 0.3 is 0 Å². The lowest BCUT2D eigenvalue weighted by atomic mass is 10.1. The number of hydrogen-bond acceptors (Lipinski definition) is 3. The van der Waals surface area contributed by atoms with E-state index in [4.69, 9.17) is 5.11 Å². The third-order valence-corrected chi connectivity index (χ3v) is 3.06. The van der Waals surface area contributed by atoms with Crippen molar-refractivity contribution in [3.63, 3.8) is 0 Å².